The number of carbonyl (C=O) groups is 2. The van der Waals surface area contributed by atoms with Crippen molar-refractivity contribution >= 4 is 11.8 Å². The van der Waals surface area contributed by atoms with E-state index in [1.807, 2.05) is 31.3 Å². The molecule has 1 fully saturated rings. The van der Waals surface area contributed by atoms with Gasteiger partial charge in [0, 0.05) is 19.4 Å². The Morgan fingerprint density at radius 1 is 1.26 bits per heavy atom. The van der Waals surface area contributed by atoms with Crippen LogP contribution in [-0.2, 0) is 16.1 Å². The Labute approximate surface area is 112 Å². The Bertz CT molecular complexity index is 458. The fraction of sp³-hybridized carbons (Fsp3) is 0.429. The molecule has 19 heavy (non-hydrogen) atoms. The molecule has 1 N–H and O–H groups in total. The highest BCUT2D eigenvalue weighted by Gasteiger charge is 2.28. The first-order valence-electron chi connectivity index (χ1n) is 6.40. The summed E-state index contributed by atoms with van der Waals surface area (Å²) < 4.78 is 5.58. The number of likely N-dealkylation sites (tertiary alicyclic amines) is 1. The molecule has 0 aromatic heterocycles. The van der Waals surface area contributed by atoms with E-state index >= 15 is 0 Å². The van der Waals surface area contributed by atoms with Gasteiger partial charge in [0.2, 0.25) is 11.8 Å². The van der Waals surface area contributed by atoms with E-state index in [1.165, 1.54) is 4.90 Å². The Morgan fingerprint density at radius 3 is 2.68 bits per heavy atom. The number of rotatable bonds is 6. The molecule has 1 aliphatic heterocycles. The lowest BCUT2D eigenvalue weighted by Crippen LogP contribution is -2.33. The van der Waals surface area contributed by atoms with Crippen LogP contribution in [0.15, 0.2) is 24.3 Å². The summed E-state index contributed by atoms with van der Waals surface area (Å²) >= 11 is 0. The lowest BCUT2D eigenvalue weighted by Gasteiger charge is -2.14. The van der Waals surface area contributed by atoms with Gasteiger partial charge >= 0.3 is 0 Å². The van der Waals surface area contributed by atoms with Gasteiger partial charge in [0.25, 0.3) is 0 Å². The van der Waals surface area contributed by atoms with Crippen LogP contribution in [-0.4, -0.2) is 36.9 Å². The predicted molar refractivity (Wildman–Crippen MR) is 70.7 cm³/mol. The highest BCUT2D eigenvalue weighted by atomic mass is 16.5. The van der Waals surface area contributed by atoms with Crippen LogP contribution in [0.2, 0.25) is 0 Å². The topological polar surface area (TPSA) is 58.6 Å². The van der Waals surface area contributed by atoms with Crippen molar-refractivity contribution in [1.82, 2.24) is 10.2 Å². The second-order valence-corrected chi connectivity index (χ2v) is 4.47. The zero-order valence-corrected chi connectivity index (χ0v) is 11.0. The van der Waals surface area contributed by atoms with Crippen molar-refractivity contribution in [2.24, 2.45) is 0 Å². The molecule has 0 spiro atoms. The highest BCUT2D eigenvalue weighted by Crippen LogP contribution is 2.14. The maximum atomic E-state index is 11.4. The largest absolute Gasteiger partial charge is 0.492 e. The predicted octanol–water partition coefficient (Wildman–Crippen LogP) is 0.934. The van der Waals surface area contributed by atoms with Crippen LogP contribution in [0.1, 0.15) is 18.4 Å². The molecule has 0 unspecified atom stereocenters. The second kappa shape index (κ2) is 6.33. The Morgan fingerprint density at radius 2 is 2.00 bits per heavy atom. The maximum absolute atomic E-state index is 11.4. The van der Waals surface area contributed by atoms with E-state index in [4.69, 9.17) is 4.74 Å². The SMILES string of the molecule is CNCc1cccc(OCCN2C(=O)CCC2=O)c1. The number of imide groups is 1. The number of nitrogens with one attached hydrogen (secondary N) is 1. The number of hydrogen-bond donors (Lipinski definition) is 1. The third-order valence-electron chi connectivity index (χ3n) is 3.02. The third-order valence-corrected chi connectivity index (χ3v) is 3.02. The summed E-state index contributed by atoms with van der Waals surface area (Å²) in [5.41, 5.74) is 1.13. The summed E-state index contributed by atoms with van der Waals surface area (Å²) in [6.45, 7) is 1.44. The van der Waals surface area contributed by atoms with E-state index in [9.17, 15) is 9.59 Å². The minimum Gasteiger partial charge on any atom is -0.492 e. The van der Waals surface area contributed by atoms with Gasteiger partial charge in [-0.05, 0) is 24.7 Å². The van der Waals surface area contributed by atoms with Crippen molar-refractivity contribution in [1.29, 1.82) is 0 Å². The molecule has 0 radical (unpaired) electrons. The van der Waals surface area contributed by atoms with Crippen LogP contribution in [0.4, 0.5) is 0 Å². The molecule has 2 rings (SSSR count). The van der Waals surface area contributed by atoms with Gasteiger partial charge in [0.1, 0.15) is 12.4 Å². The smallest absolute Gasteiger partial charge is 0.229 e. The lowest BCUT2D eigenvalue weighted by atomic mass is 10.2. The van der Waals surface area contributed by atoms with Crippen LogP contribution in [0, 0.1) is 0 Å². The molecule has 1 aromatic rings. The molecule has 0 atom stereocenters. The van der Waals surface area contributed by atoms with Gasteiger partial charge in [-0.2, -0.15) is 0 Å². The molecule has 0 saturated carbocycles. The Kier molecular flexibility index (Phi) is 4.52. The average molecular weight is 262 g/mol. The van der Waals surface area contributed by atoms with Crippen molar-refractivity contribution in [3.63, 3.8) is 0 Å². The number of amides is 2. The van der Waals surface area contributed by atoms with Crippen molar-refractivity contribution in [2.45, 2.75) is 19.4 Å². The van der Waals surface area contributed by atoms with Gasteiger partial charge in [0.15, 0.2) is 0 Å². The number of hydrogen-bond acceptors (Lipinski definition) is 4. The minimum atomic E-state index is -0.0995. The average Bonchev–Trinajstić information content (AvgIpc) is 2.71. The normalized spacial score (nSPS) is 15.1. The Hall–Kier alpha value is -1.88. The molecule has 1 saturated heterocycles. The molecule has 5 nitrogen and oxygen atoms in total. The van der Waals surface area contributed by atoms with Gasteiger partial charge in [-0.3, -0.25) is 14.5 Å². The molecule has 1 aliphatic rings. The molecule has 0 bridgehead atoms. The fourth-order valence-corrected chi connectivity index (χ4v) is 2.08. The zero-order valence-electron chi connectivity index (χ0n) is 11.0. The van der Waals surface area contributed by atoms with Crippen LogP contribution in [0.5, 0.6) is 5.75 Å². The van der Waals surface area contributed by atoms with Gasteiger partial charge in [0.05, 0.1) is 6.54 Å². The third kappa shape index (κ3) is 3.54. The fourth-order valence-electron chi connectivity index (χ4n) is 2.08. The standard InChI is InChI=1S/C14H18N2O3/c1-15-10-11-3-2-4-12(9-11)19-8-7-16-13(17)5-6-14(16)18/h2-4,9,15H,5-8,10H2,1H3. The summed E-state index contributed by atoms with van der Waals surface area (Å²) in [6.07, 6.45) is 0.660. The highest BCUT2D eigenvalue weighted by molar-refractivity contribution is 6.01. The number of carbonyl (C=O) groups excluding carboxylic acids is 2. The first-order valence-corrected chi connectivity index (χ1v) is 6.40. The van der Waals surface area contributed by atoms with Crippen LogP contribution >= 0.6 is 0 Å². The molecule has 102 valence electrons. The first-order chi connectivity index (χ1) is 9.20. The van der Waals surface area contributed by atoms with Gasteiger partial charge in [-0.15, -0.1) is 0 Å². The van der Waals surface area contributed by atoms with Crippen LogP contribution in [0.25, 0.3) is 0 Å². The van der Waals surface area contributed by atoms with Crippen molar-refractivity contribution in [3.8, 4) is 5.75 Å². The quantitative estimate of drug-likeness (QED) is 0.775. The molecule has 0 aliphatic carbocycles. The van der Waals surface area contributed by atoms with E-state index in [1.54, 1.807) is 0 Å². The first kappa shape index (κ1) is 13.5. The number of ether oxygens (including phenoxy) is 1. The van der Waals surface area contributed by atoms with Crippen LogP contribution < -0.4 is 10.1 Å². The minimum absolute atomic E-state index is 0.0995. The summed E-state index contributed by atoms with van der Waals surface area (Å²) in [5, 5.41) is 3.07. The monoisotopic (exact) mass is 262 g/mol. The number of benzene rings is 1. The maximum Gasteiger partial charge on any atom is 0.229 e. The molecule has 1 aromatic carbocycles. The second-order valence-electron chi connectivity index (χ2n) is 4.47. The molecule has 5 heteroatoms. The van der Waals surface area contributed by atoms with Crippen LogP contribution in [0.3, 0.4) is 0 Å². The Balaban J connectivity index is 1.83. The summed E-state index contributed by atoms with van der Waals surface area (Å²) in [4.78, 5) is 24.1. The van der Waals surface area contributed by atoms with E-state index in [0.29, 0.717) is 26.0 Å². The molecule has 1 heterocycles. The van der Waals surface area contributed by atoms with Gasteiger partial charge in [-0.25, -0.2) is 0 Å². The summed E-state index contributed by atoms with van der Waals surface area (Å²) in [5.74, 6) is 0.557. The van der Waals surface area contributed by atoms with E-state index in [2.05, 4.69) is 5.32 Å². The lowest BCUT2D eigenvalue weighted by molar-refractivity contribution is -0.138. The molecule has 2 amide bonds. The molecular weight excluding hydrogens is 244 g/mol. The number of nitrogens with zero attached hydrogens (tertiary/aromatic N) is 1. The van der Waals surface area contributed by atoms with Gasteiger partial charge < -0.3 is 10.1 Å². The van der Waals surface area contributed by atoms with Crippen molar-refractivity contribution in [3.05, 3.63) is 29.8 Å². The zero-order chi connectivity index (χ0) is 13.7. The summed E-state index contributed by atoms with van der Waals surface area (Å²) in [6, 6.07) is 7.75. The van der Waals surface area contributed by atoms with Gasteiger partial charge in [-0.1, -0.05) is 12.1 Å². The summed E-state index contributed by atoms with van der Waals surface area (Å²) in [7, 11) is 1.89. The van der Waals surface area contributed by atoms with E-state index in [-0.39, 0.29) is 11.8 Å². The van der Waals surface area contributed by atoms with Crippen molar-refractivity contribution < 1.29 is 14.3 Å². The molecular formula is C14H18N2O3. The van der Waals surface area contributed by atoms with E-state index in [0.717, 1.165) is 17.9 Å². The van der Waals surface area contributed by atoms with Crippen molar-refractivity contribution in [2.75, 3.05) is 20.2 Å². The van der Waals surface area contributed by atoms with E-state index < -0.39 is 0 Å².